The summed E-state index contributed by atoms with van der Waals surface area (Å²) >= 11 is 8.86. The van der Waals surface area contributed by atoms with E-state index in [0.29, 0.717) is 6.04 Å². The molecule has 0 saturated heterocycles. The van der Waals surface area contributed by atoms with E-state index in [2.05, 4.69) is 56.0 Å². The van der Waals surface area contributed by atoms with Crippen molar-refractivity contribution >= 4 is 43.6 Å². The molecule has 0 amide bonds. The number of rotatable bonds is 6. The van der Waals surface area contributed by atoms with Gasteiger partial charge in [0.25, 0.3) is 0 Å². The molecule has 5 heteroatoms. The summed E-state index contributed by atoms with van der Waals surface area (Å²) in [5.74, 6) is 2.32. The molecule has 1 unspecified atom stereocenters. The lowest BCUT2D eigenvalue weighted by atomic mass is 10.3. The minimum Gasteiger partial charge on any atom is -0.308 e. The van der Waals surface area contributed by atoms with Crippen LogP contribution >= 0.6 is 43.6 Å². The highest BCUT2D eigenvalue weighted by Crippen LogP contribution is 2.19. The Morgan fingerprint density at radius 3 is 2.88 bits per heavy atom. The van der Waals surface area contributed by atoms with Crippen LogP contribution in [0.4, 0.5) is 0 Å². The molecule has 0 radical (unpaired) electrons. The third-order valence-corrected chi connectivity index (χ3v) is 4.34. The van der Waals surface area contributed by atoms with Crippen molar-refractivity contribution in [2.75, 3.05) is 11.5 Å². The highest BCUT2D eigenvalue weighted by molar-refractivity contribution is 9.11. The maximum Gasteiger partial charge on any atom is 0.0684 e. The van der Waals surface area contributed by atoms with E-state index >= 15 is 0 Å². The molecule has 1 aromatic heterocycles. The van der Waals surface area contributed by atoms with Gasteiger partial charge in [-0.1, -0.05) is 6.92 Å². The minimum absolute atomic E-state index is 0.516. The Kier molecular flexibility index (Phi) is 6.96. The van der Waals surface area contributed by atoms with E-state index < -0.39 is 0 Å². The summed E-state index contributed by atoms with van der Waals surface area (Å²) in [5, 5.41) is 3.47. The zero-order chi connectivity index (χ0) is 12.0. The van der Waals surface area contributed by atoms with Gasteiger partial charge >= 0.3 is 0 Å². The molecule has 0 aliphatic carbocycles. The Hall–Kier alpha value is 0.420. The van der Waals surface area contributed by atoms with Gasteiger partial charge in [-0.25, -0.2) is 0 Å². The number of nitrogens with zero attached hydrogens (tertiary/aromatic N) is 1. The van der Waals surface area contributed by atoms with Crippen molar-refractivity contribution in [3.63, 3.8) is 0 Å². The van der Waals surface area contributed by atoms with Gasteiger partial charge in [-0.05, 0) is 50.6 Å². The zero-order valence-electron chi connectivity index (χ0n) is 9.46. The molecule has 0 fully saturated rings. The van der Waals surface area contributed by atoms with Gasteiger partial charge in [0.05, 0.1) is 5.69 Å². The molecule has 1 heterocycles. The van der Waals surface area contributed by atoms with E-state index in [1.165, 1.54) is 5.75 Å². The van der Waals surface area contributed by atoms with Gasteiger partial charge < -0.3 is 5.32 Å². The second-order valence-corrected chi connectivity index (χ2v) is 6.61. The van der Waals surface area contributed by atoms with Crippen LogP contribution in [0.1, 0.15) is 19.5 Å². The Labute approximate surface area is 118 Å². The van der Waals surface area contributed by atoms with Crippen molar-refractivity contribution in [1.29, 1.82) is 0 Å². The van der Waals surface area contributed by atoms with Crippen LogP contribution in [-0.2, 0) is 6.54 Å². The van der Waals surface area contributed by atoms with Crippen LogP contribution in [-0.4, -0.2) is 22.5 Å². The SMILES string of the molecule is CCSCC(C)NCc1ncc(Br)cc1Br. The van der Waals surface area contributed by atoms with Gasteiger partial charge in [0.1, 0.15) is 0 Å². The van der Waals surface area contributed by atoms with E-state index in [1.807, 2.05) is 24.0 Å². The summed E-state index contributed by atoms with van der Waals surface area (Å²) in [5.41, 5.74) is 1.05. The molecule has 1 N–H and O–H groups in total. The fourth-order valence-electron chi connectivity index (χ4n) is 1.20. The first kappa shape index (κ1) is 14.5. The summed E-state index contributed by atoms with van der Waals surface area (Å²) in [6, 6.07) is 2.54. The van der Waals surface area contributed by atoms with Crippen molar-refractivity contribution in [2.45, 2.75) is 26.4 Å². The molecule has 0 aromatic carbocycles. The molecule has 0 aliphatic heterocycles. The van der Waals surface area contributed by atoms with E-state index in [-0.39, 0.29) is 0 Å². The second-order valence-electron chi connectivity index (χ2n) is 3.52. The van der Waals surface area contributed by atoms with Crippen molar-refractivity contribution < 1.29 is 0 Å². The quantitative estimate of drug-likeness (QED) is 0.826. The molecule has 2 nitrogen and oxygen atoms in total. The monoisotopic (exact) mass is 366 g/mol. The average molecular weight is 368 g/mol. The fourth-order valence-corrected chi connectivity index (χ4v) is 3.03. The predicted octanol–water partition coefficient (Wildman–Crippen LogP) is 3.84. The lowest BCUT2D eigenvalue weighted by Crippen LogP contribution is -2.28. The third-order valence-electron chi connectivity index (χ3n) is 2.07. The van der Waals surface area contributed by atoms with E-state index in [4.69, 9.17) is 0 Å². The Morgan fingerprint density at radius 1 is 1.50 bits per heavy atom. The summed E-state index contributed by atoms with van der Waals surface area (Å²) in [7, 11) is 0. The standard InChI is InChI=1S/C11H16Br2N2S/c1-3-16-7-8(2)14-6-11-10(13)4-9(12)5-15-11/h4-5,8,14H,3,6-7H2,1-2H3. The van der Waals surface area contributed by atoms with Crippen molar-refractivity contribution in [3.05, 3.63) is 26.9 Å². The fraction of sp³-hybridized carbons (Fsp3) is 0.545. The van der Waals surface area contributed by atoms with Crippen molar-refractivity contribution in [2.24, 2.45) is 0 Å². The van der Waals surface area contributed by atoms with Crippen LogP contribution < -0.4 is 5.32 Å². The van der Waals surface area contributed by atoms with Gasteiger partial charge in [-0.2, -0.15) is 11.8 Å². The molecule has 1 aromatic rings. The predicted molar refractivity (Wildman–Crippen MR) is 78.9 cm³/mol. The third kappa shape index (κ3) is 5.17. The Bertz CT molecular complexity index is 334. The molecule has 16 heavy (non-hydrogen) atoms. The molecule has 0 aliphatic rings. The first-order chi connectivity index (χ1) is 7.63. The maximum atomic E-state index is 4.37. The smallest absolute Gasteiger partial charge is 0.0684 e. The first-order valence-corrected chi connectivity index (χ1v) is 7.98. The summed E-state index contributed by atoms with van der Waals surface area (Å²) < 4.78 is 2.04. The number of thioether (sulfide) groups is 1. The maximum absolute atomic E-state index is 4.37. The lowest BCUT2D eigenvalue weighted by molar-refractivity contribution is 0.587. The molecule has 0 bridgehead atoms. The number of halogens is 2. The Morgan fingerprint density at radius 2 is 2.25 bits per heavy atom. The van der Waals surface area contributed by atoms with Crippen molar-refractivity contribution in [3.8, 4) is 0 Å². The normalized spacial score (nSPS) is 12.8. The number of nitrogens with one attached hydrogen (secondary N) is 1. The molecule has 90 valence electrons. The summed E-state index contributed by atoms with van der Waals surface area (Å²) in [6.45, 7) is 5.19. The summed E-state index contributed by atoms with van der Waals surface area (Å²) in [6.07, 6.45) is 1.83. The van der Waals surface area contributed by atoms with Crippen LogP contribution in [0.25, 0.3) is 0 Å². The number of hydrogen-bond donors (Lipinski definition) is 1. The molecule has 1 atom stereocenters. The van der Waals surface area contributed by atoms with Crippen LogP contribution in [0.2, 0.25) is 0 Å². The highest BCUT2D eigenvalue weighted by Gasteiger charge is 2.05. The molecule has 0 saturated carbocycles. The van der Waals surface area contributed by atoms with E-state index in [0.717, 1.165) is 26.9 Å². The average Bonchev–Trinajstić information content (AvgIpc) is 2.25. The summed E-state index contributed by atoms with van der Waals surface area (Å²) in [4.78, 5) is 4.37. The number of pyridine rings is 1. The van der Waals surface area contributed by atoms with Gasteiger partial charge in [-0.3, -0.25) is 4.98 Å². The van der Waals surface area contributed by atoms with Gasteiger partial charge in [0.15, 0.2) is 0 Å². The highest BCUT2D eigenvalue weighted by atomic mass is 79.9. The van der Waals surface area contributed by atoms with Crippen LogP contribution in [0.3, 0.4) is 0 Å². The lowest BCUT2D eigenvalue weighted by Gasteiger charge is -2.13. The topological polar surface area (TPSA) is 24.9 Å². The molecule has 0 spiro atoms. The van der Waals surface area contributed by atoms with Gasteiger partial charge in [-0.15, -0.1) is 0 Å². The largest absolute Gasteiger partial charge is 0.308 e. The number of aromatic nitrogens is 1. The van der Waals surface area contributed by atoms with E-state index in [1.54, 1.807) is 0 Å². The molecular formula is C11H16Br2N2S. The van der Waals surface area contributed by atoms with Crippen LogP contribution in [0, 0.1) is 0 Å². The zero-order valence-corrected chi connectivity index (χ0v) is 13.5. The molecule has 1 rings (SSSR count). The van der Waals surface area contributed by atoms with Gasteiger partial charge in [0, 0.05) is 33.5 Å². The first-order valence-electron chi connectivity index (χ1n) is 5.24. The van der Waals surface area contributed by atoms with Crippen molar-refractivity contribution in [1.82, 2.24) is 10.3 Å². The van der Waals surface area contributed by atoms with Crippen LogP contribution in [0.15, 0.2) is 21.2 Å². The van der Waals surface area contributed by atoms with Gasteiger partial charge in [0.2, 0.25) is 0 Å². The number of hydrogen-bond acceptors (Lipinski definition) is 3. The minimum atomic E-state index is 0.516. The second kappa shape index (κ2) is 7.69. The molecular weight excluding hydrogens is 352 g/mol. The Balaban J connectivity index is 2.42. The van der Waals surface area contributed by atoms with E-state index in [9.17, 15) is 0 Å². The van der Waals surface area contributed by atoms with Crippen LogP contribution in [0.5, 0.6) is 0 Å².